The summed E-state index contributed by atoms with van der Waals surface area (Å²) in [7, 11) is 1.13. The van der Waals surface area contributed by atoms with E-state index in [0.717, 1.165) is 122 Å². The molecule has 9 nitrogen and oxygen atoms in total. The van der Waals surface area contributed by atoms with Crippen LogP contribution in [-0.2, 0) is 27.9 Å². The van der Waals surface area contributed by atoms with Crippen LogP contribution < -0.4 is 10.2 Å². The Morgan fingerprint density at radius 3 is 1.47 bits per heavy atom. The molecule has 0 heterocycles. The molecule has 0 aromatic heterocycles. The smallest absolute Gasteiger partial charge is 0.306 e. The van der Waals surface area contributed by atoms with Gasteiger partial charge in [0.2, 0.25) is 5.91 Å². The van der Waals surface area contributed by atoms with Crippen LogP contribution in [0, 0.1) is 0 Å². The molecule has 1 N–H and O–H groups in total. The zero-order valence-corrected chi connectivity index (χ0v) is 48.2. The van der Waals surface area contributed by atoms with Gasteiger partial charge in [0.15, 0.2) is 0 Å². The number of allylic oxidation sites excluding steroid dienone is 19. The maximum atomic E-state index is 13.5. The Balaban J connectivity index is 5.32. The number of ether oxygens (including phenoxy) is 1. The predicted molar refractivity (Wildman–Crippen MR) is 311 cm³/mol. The van der Waals surface area contributed by atoms with Gasteiger partial charge in [-0.25, -0.2) is 0 Å². The van der Waals surface area contributed by atoms with Gasteiger partial charge in [-0.15, -0.1) is 0 Å². The van der Waals surface area contributed by atoms with E-state index in [2.05, 4.69) is 129 Å². The zero-order chi connectivity index (χ0) is 53.6. The number of phosphoric acid groups is 1. The van der Waals surface area contributed by atoms with Gasteiger partial charge in [-0.05, 0) is 102 Å². The molecule has 0 aliphatic rings. The first kappa shape index (κ1) is 69.4. The minimum absolute atomic E-state index is 0.0383. The van der Waals surface area contributed by atoms with Crippen molar-refractivity contribution in [2.24, 2.45) is 0 Å². The van der Waals surface area contributed by atoms with E-state index >= 15 is 0 Å². The molecular weight excluding hydrogens is 928 g/mol. The lowest BCUT2D eigenvalue weighted by molar-refractivity contribution is -0.870. The zero-order valence-electron chi connectivity index (χ0n) is 47.3. The summed E-state index contributed by atoms with van der Waals surface area (Å²) in [6, 6.07) is -0.918. The number of amides is 1. The van der Waals surface area contributed by atoms with Crippen LogP contribution in [0.1, 0.15) is 213 Å². The quantitative estimate of drug-likeness (QED) is 0.0161. The van der Waals surface area contributed by atoms with E-state index in [0.29, 0.717) is 23.9 Å². The van der Waals surface area contributed by atoms with Crippen LogP contribution >= 0.6 is 7.82 Å². The molecule has 0 fully saturated rings. The standard InChI is InChI=1S/C63H107N2O7P/c1-7-10-13-16-19-22-25-27-28-29-30-31-32-33-34-35-36-38-40-43-46-49-52-55-62(66)64-60(59-71-73(68,69)70-58-57-65(4,5)6)61(54-51-48-45-42-39-24-21-18-15-12-9-3)72-63(67)56-53-50-47-44-41-37-26-23-20-17-14-11-8-2/h10-11,13-14,17,19-20,22-23,26-28,30-31,33-34,36,38,51,54,60-61H,7-9,12,15-16,18,21,24-25,29,32,35,37,39-50,52-53,55-59H2,1-6H3,(H-,64,66,68,69)/b13-10-,14-11+,20-17+,22-19-,26-23-,28-27-,31-30-,34-33-,38-36-,54-51-. The summed E-state index contributed by atoms with van der Waals surface area (Å²) < 4.78 is 30.2. The molecule has 0 rings (SSSR count). The van der Waals surface area contributed by atoms with E-state index < -0.39 is 26.6 Å². The highest BCUT2D eigenvalue weighted by Crippen LogP contribution is 2.38. The molecule has 0 radical (unpaired) electrons. The highest BCUT2D eigenvalue weighted by molar-refractivity contribution is 7.45. The van der Waals surface area contributed by atoms with Gasteiger partial charge in [-0.3, -0.25) is 14.2 Å². The molecule has 3 unspecified atom stereocenters. The number of rotatable bonds is 50. The number of nitrogens with zero attached hydrogens (tertiary/aromatic N) is 1. The maximum absolute atomic E-state index is 13.5. The molecule has 0 spiro atoms. The molecule has 73 heavy (non-hydrogen) atoms. The summed E-state index contributed by atoms with van der Waals surface area (Å²) in [4.78, 5) is 39.8. The minimum Gasteiger partial charge on any atom is -0.756 e. The fourth-order valence-electron chi connectivity index (χ4n) is 7.52. The molecule has 3 atom stereocenters. The third-order valence-corrected chi connectivity index (χ3v) is 12.9. The van der Waals surface area contributed by atoms with Crippen molar-refractivity contribution in [3.05, 3.63) is 122 Å². The number of carbonyl (C=O) groups is 2. The van der Waals surface area contributed by atoms with Gasteiger partial charge in [0.05, 0.1) is 33.8 Å². The molecular formula is C63H107N2O7P. The van der Waals surface area contributed by atoms with E-state index in [1.54, 1.807) is 0 Å². The number of hydrogen-bond donors (Lipinski definition) is 1. The summed E-state index contributed by atoms with van der Waals surface area (Å²) in [6.45, 7) is 6.52. The number of phosphoric ester groups is 1. The molecule has 0 aromatic carbocycles. The Morgan fingerprint density at radius 2 is 0.945 bits per heavy atom. The summed E-state index contributed by atoms with van der Waals surface area (Å²) in [6.07, 6.45) is 71.7. The molecule has 416 valence electrons. The van der Waals surface area contributed by atoms with Crippen molar-refractivity contribution in [3.63, 3.8) is 0 Å². The van der Waals surface area contributed by atoms with Crippen LogP contribution in [0.5, 0.6) is 0 Å². The molecule has 10 heteroatoms. The lowest BCUT2D eigenvalue weighted by atomic mass is 10.1. The van der Waals surface area contributed by atoms with Crippen molar-refractivity contribution in [1.29, 1.82) is 0 Å². The number of nitrogens with one attached hydrogen (secondary N) is 1. The van der Waals surface area contributed by atoms with Crippen molar-refractivity contribution in [2.45, 2.75) is 226 Å². The van der Waals surface area contributed by atoms with Crippen LogP contribution in [0.4, 0.5) is 0 Å². The summed E-state index contributed by atoms with van der Waals surface area (Å²) >= 11 is 0. The topological polar surface area (TPSA) is 114 Å². The molecule has 0 aliphatic carbocycles. The molecule has 0 saturated carbocycles. The Hall–Kier alpha value is -3.59. The van der Waals surface area contributed by atoms with E-state index in [9.17, 15) is 19.0 Å². The number of quaternary nitrogens is 1. The second kappa shape index (κ2) is 51.9. The number of hydrogen-bond acceptors (Lipinski definition) is 7. The lowest BCUT2D eigenvalue weighted by Crippen LogP contribution is -2.47. The first-order valence-electron chi connectivity index (χ1n) is 28.9. The van der Waals surface area contributed by atoms with Crippen molar-refractivity contribution in [2.75, 3.05) is 40.9 Å². The highest BCUT2D eigenvalue weighted by Gasteiger charge is 2.27. The average molecular weight is 1040 g/mol. The number of unbranched alkanes of at least 4 members (excludes halogenated alkanes) is 18. The Labute approximate surface area is 448 Å². The van der Waals surface area contributed by atoms with Gasteiger partial charge < -0.3 is 28.5 Å². The summed E-state index contributed by atoms with van der Waals surface area (Å²) in [5.74, 6) is -0.606. The van der Waals surface area contributed by atoms with Crippen molar-refractivity contribution in [3.8, 4) is 0 Å². The highest BCUT2D eigenvalue weighted by atomic mass is 31.2. The fraction of sp³-hybridized carbons (Fsp3) is 0.651. The average Bonchev–Trinajstić information content (AvgIpc) is 3.35. The molecule has 1 amide bonds. The SMILES string of the molecule is CC/C=C\C/C=C\C/C=C\C/C=C\C/C=C\C/C=C\CCCCCCC(=O)NC(COP(=O)([O-])OCC[N+](C)(C)C)C(/C=C\CCCCCCCCCCC)OC(=O)CCCCCCC\C=C/C=C/C=C/CC. The van der Waals surface area contributed by atoms with Crippen molar-refractivity contribution >= 4 is 19.7 Å². The van der Waals surface area contributed by atoms with E-state index in [1.807, 2.05) is 39.4 Å². The molecule has 0 aromatic rings. The minimum atomic E-state index is -4.71. The molecule has 0 saturated heterocycles. The van der Waals surface area contributed by atoms with Gasteiger partial charge in [0, 0.05) is 12.8 Å². The Bertz CT molecular complexity index is 1660. The van der Waals surface area contributed by atoms with E-state index in [-0.39, 0.29) is 31.3 Å². The first-order valence-corrected chi connectivity index (χ1v) is 30.3. The van der Waals surface area contributed by atoms with E-state index in [1.165, 1.54) is 44.9 Å². The largest absolute Gasteiger partial charge is 0.756 e. The Morgan fingerprint density at radius 1 is 0.507 bits per heavy atom. The number of esters is 1. The second-order valence-corrected chi connectivity index (χ2v) is 21.5. The summed E-state index contributed by atoms with van der Waals surface area (Å²) in [5, 5.41) is 3.00. The Kier molecular flexibility index (Phi) is 49.3. The van der Waals surface area contributed by atoms with Crippen molar-refractivity contribution in [1.82, 2.24) is 5.32 Å². The van der Waals surface area contributed by atoms with E-state index in [4.69, 9.17) is 13.8 Å². The monoisotopic (exact) mass is 1030 g/mol. The number of likely N-dealkylation sites (N-methyl/N-ethyl adjacent to an activating group) is 1. The van der Waals surface area contributed by atoms with Crippen LogP contribution in [-0.4, -0.2) is 69.4 Å². The summed E-state index contributed by atoms with van der Waals surface area (Å²) in [5.41, 5.74) is 0. The van der Waals surface area contributed by atoms with Gasteiger partial charge in [0.25, 0.3) is 7.82 Å². The molecule has 0 bridgehead atoms. The van der Waals surface area contributed by atoms with Crippen molar-refractivity contribution < 1.29 is 37.3 Å². The van der Waals surface area contributed by atoms with Crippen LogP contribution in [0.15, 0.2) is 122 Å². The van der Waals surface area contributed by atoms with Crippen LogP contribution in [0.2, 0.25) is 0 Å². The third-order valence-electron chi connectivity index (χ3n) is 11.9. The lowest BCUT2D eigenvalue weighted by Gasteiger charge is -2.30. The third kappa shape index (κ3) is 53.1. The number of carbonyl (C=O) groups excluding carboxylic acids is 2. The van der Waals surface area contributed by atoms with Gasteiger partial charge in [-0.2, -0.15) is 0 Å². The normalized spacial score (nSPS) is 14.7. The molecule has 0 aliphatic heterocycles. The first-order chi connectivity index (χ1) is 35.4. The van der Waals surface area contributed by atoms with Gasteiger partial charge >= 0.3 is 5.97 Å². The fourth-order valence-corrected chi connectivity index (χ4v) is 8.25. The van der Waals surface area contributed by atoms with Gasteiger partial charge in [-0.1, -0.05) is 220 Å². The van der Waals surface area contributed by atoms with Crippen LogP contribution in [0.25, 0.3) is 0 Å². The van der Waals surface area contributed by atoms with Crippen LogP contribution in [0.3, 0.4) is 0 Å². The maximum Gasteiger partial charge on any atom is 0.306 e. The second-order valence-electron chi connectivity index (χ2n) is 20.1. The van der Waals surface area contributed by atoms with Gasteiger partial charge in [0.1, 0.15) is 19.3 Å². The predicted octanol–water partition coefficient (Wildman–Crippen LogP) is 16.9.